The van der Waals surface area contributed by atoms with E-state index in [1.807, 2.05) is 6.07 Å². The number of rotatable bonds is 12. The van der Waals surface area contributed by atoms with E-state index in [4.69, 9.17) is 4.74 Å². The lowest BCUT2D eigenvalue weighted by atomic mass is 9.92. The van der Waals surface area contributed by atoms with Crippen LogP contribution in [-0.2, 0) is 0 Å². The molecule has 0 bridgehead atoms. The van der Waals surface area contributed by atoms with Gasteiger partial charge in [-0.3, -0.25) is 0 Å². The van der Waals surface area contributed by atoms with Crippen molar-refractivity contribution in [1.82, 2.24) is 5.32 Å². The molecule has 0 saturated carbocycles. The van der Waals surface area contributed by atoms with Crippen LogP contribution in [-0.4, -0.2) is 19.2 Å². The summed E-state index contributed by atoms with van der Waals surface area (Å²) in [4.78, 5) is 0. The highest BCUT2D eigenvalue weighted by molar-refractivity contribution is 5.85. The van der Waals surface area contributed by atoms with Gasteiger partial charge in [-0.25, -0.2) is 0 Å². The van der Waals surface area contributed by atoms with Crippen LogP contribution in [0.15, 0.2) is 30.3 Å². The molecule has 1 aromatic rings. The average Bonchev–Trinajstić information content (AvgIpc) is 2.49. The van der Waals surface area contributed by atoms with Crippen molar-refractivity contribution in [2.24, 2.45) is 5.92 Å². The Morgan fingerprint density at radius 3 is 2.13 bits per heavy atom. The second-order valence-corrected chi connectivity index (χ2v) is 6.65. The van der Waals surface area contributed by atoms with Crippen LogP contribution in [0.2, 0.25) is 0 Å². The Hall–Kier alpha value is -0.730. The molecule has 0 radical (unpaired) electrons. The summed E-state index contributed by atoms with van der Waals surface area (Å²) >= 11 is 0. The third-order valence-corrected chi connectivity index (χ3v) is 4.71. The first-order valence-corrected chi connectivity index (χ1v) is 9.32. The molecule has 0 aliphatic carbocycles. The number of hydrogen-bond donors (Lipinski definition) is 1. The second-order valence-electron chi connectivity index (χ2n) is 6.65. The van der Waals surface area contributed by atoms with E-state index in [9.17, 15) is 0 Å². The lowest BCUT2D eigenvalue weighted by Gasteiger charge is -2.35. The summed E-state index contributed by atoms with van der Waals surface area (Å²) in [7, 11) is 0. The largest absolute Gasteiger partial charge is 0.490 e. The zero-order chi connectivity index (χ0) is 15.5. The van der Waals surface area contributed by atoms with Gasteiger partial charge in [0.1, 0.15) is 11.9 Å². The van der Waals surface area contributed by atoms with E-state index in [2.05, 4.69) is 36.5 Å². The maximum absolute atomic E-state index is 6.24. The van der Waals surface area contributed by atoms with Gasteiger partial charge >= 0.3 is 0 Å². The zero-order valence-electron chi connectivity index (χ0n) is 14.6. The molecule has 0 spiro atoms. The third-order valence-electron chi connectivity index (χ3n) is 4.71. The summed E-state index contributed by atoms with van der Waals surface area (Å²) in [5.41, 5.74) is 0. The summed E-state index contributed by atoms with van der Waals surface area (Å²) < 4.78 is 6.24. The molecule has 1 atom stereocenters. The van der Waals surface area contributed by atoms with Crippen LogP contribution >= 0.6 is 12.4 Å². The van der Waals surface area contributed by atoms with Gasteiger partial charge in [0.15, 0.2) is 0 Å². The summed E-state index contributed by atoms with van der Waals surface area (Å²) in [5.74, 6) is 1.73. The normalized spacial score (nSPS) is 15.5. The predicted octanol–water partition coefficient (Wildman–Crippen LogP) is 5.61. The molecule has 1 saturated heterocycles. The number of halogens is 1. The molecule has 2 nitrogen and oxygen atoms in total. The Balaban J connectivity index is 0.00000264. The molecule has 23 heavy (non-hydrogen) atoms. The van der Waals surface area contributed by atoms with Crippen molar-refractivity contribution in [2.45, 2.75) is 70.8 Å². The maximum atomic E-state index is 6.24. The first-order chi connectivity index (χ1) is 10.9. The lowest BCUT2D eigenvalue weighted by molar-refractivity contribution is 0.0889. The van der Waals surface area contributed by atoms with E-state index in [-0.39, 0.29) is 12.4 Å². The standard InChI is InChI=1S/C20H33NO.ClH/c1-2-3-4-5-6-7-8-12-15-20(18-16-21-17-18)22-19-13-10-9-11-14-19;/h9-11,13-14,18,20-21H,2-8,12,15-17H2,1H3;1H. The van der Waals surface area contributed by atoms with Gasteiger partial charge in [0.05, 0.1) is 0 Å². The molecule has 2 rings (SSSR count). The molecule has 1 unspecified atom stereocenters. The van der Waals surface area contributed by atoms with Gasteiger partial charge < -0.3 is 10.1 Å². The highest BCUT2D eigenvalue weighted by atomic mass is 35.5. The molecule has 1 heterocycles. The van der Waals surface area contributed by atoms with Crippen molar-refractivity contribution in [3.8, 4) is 5.75 Å². The van der Waals surface area contributed by atoms with Crippen molar-refractivity contribution >= 4 is 12.4 Å². The molecule has 0 amide bonds. The minimum absolute atomic E-state index is 0. The highest BCUT2D eigenvalue weighted by Crippen LogP contribution is 2.23. The molecule has 1 aliphatic rings. The molecule has 1 aliphatic heterocycles. The predicted molar refractivity (Wildman–Crippen MR) is 102 cm³/mol. The van der Waals surface area contributed by atoms with Crippen molar-refractivity contribution < 1.29 is 4.74 Å². The Labute approximate surface area is 148 Å². The van der Waals surface area contributed by atoms with Gasteiger partial charge in [-0.05, 0) is 25.0 Å². The fourth-order valence-corrected chi connectivity index (χ4v) is 3.12. The van der Waals surface area contributed by atoms with Crippen LogP contribution in [0.4, 0.5) is 0 Å². The number of unbranched alkanes of at least 4 members (excludes halogenated alkanes) is 7. The van der Waals surface area contributed by atoms with Crippen LogP contribution in [0.5, 0.6) is 5.75 Å². The summed E-state index contributed by atoms with van der Waals surface area (Å²) in [6.07, 6.45) is 12.7. The maximum Gasteiger partial charge on any atom is 0.119 e. The first-order valence-electron chi connectivity index (χ1n) is 9.32. The van der Waals surface area contributed by atoms with Crippen LogP contribution in [0, 0.1) is 5.92 Å². The van der Waals surface area contributed by atoms with E-state index in [1.165, 1.54) is 57.8 Å². The molecule has 3 heteroatoms. The molecule has 1 aromatic carbocycles. The number of nitrogens with one attached hydrogen (secondary N) is 1. The fourth-order valence-electron chi connectivity index (χ4n) is 3.12. The molecule has 132 valence electrons. The molecule has 1 N–H and O–H groups in total. The quantitative estimate of drug-likeness (QED) is 0.500. The molecular formula is C20H34ClNO. The molecule has 0 aromatic heterocycles. The van der Waals surface area contributed by atoms with Gasteiger partial charge in [0.25, 0.3) is 0 Å². The minimum Gasteiger partial charge on any atom is -0.490 e. The van der Waals surface area contributed by atoms with E-state index in [0.29, 0.717) is 12.0 Å². The van der Waals surface area contributed by atoms with Gasteiger partial charge in [0.2, 0.25) is 0 Å². The van der Waals surface area contributed by atoms with Crippen molar-refractivity contribution in [3.05, 3.63) is 30.3 Å². The fraction of sp³-hybridized carbons (Fsp3) is 0.700. The van der Waals surface area contributed by atoms with E-state index >= 15 is 0 Å². The Bertz CT molecular complexity index is 380. The Morgan fingerprint density at radius 1 is 0.957 bits per heavy atom. The van der Waals surface area contributed by atoms with Gasteiger partial charge in [0, 0.05) is 19.0 Å². The van der Waals surface area contributed by atoms with Crippen molar-refractivity contribution in [2.75, 3.05) is 13.1 Å². The van der Waals surface area contributed by atoms with E-state index in [1.54, 1.807) is 0 Å². The first kappa shape index (κ1) is 20.3. The number of hydrogen-bond acceptors (Lipinski definition) is 2. The lowest BCUT2D eigenvalue weighted by Crippen LogP contribution is -2.50. The number of benzene rings is 1. The van der Waals surface area contributed by atoms with Gasteiger partial charge in [-0.1, -0.05) is 70.1 Å². The summed E-state index contributed by atoms with van der Waals surface area (Å²) in [5, 5.41) is 3.38. The monoisotopic (exact) mass is 339 g/mol. The minimum atomic E-state index is 0. The van der Waals surface area contributed by atoms with Crippen LogP contribution in [0.3, 0.4) is 0 Å². The number of ether oxygens (including phenoxy) is 1. The third kappa shape index (κ3) is 8.08. The zero-order valence-corrected chi connectivity index (χ0v) is 15.5. The Morgan fingerprint density at radius 2 is 1.57 bits per heavy atom. The van der Waals surface area contributed by atoms with Crippen LogP contribution in [0.1, 0.15) is 64.7 Å². The van der Waals surface area contributed by atoms with Crippen molar-refractivity contribution in [3.63, 3.8) is 0 Å². The molecular weight excluding hydrogens is 306 g/mol. The Kier molecular flexibility index (Phi) is 11.2. The SMILES string of the molecule is CCCCCCCCCCC(Oc1ccccc1)C1CNC1.Cl. The van der Waals surface area contributed by atoms with Gasteiger partial charge in [-0.2, -0.15) is 0 Å². The smallest absolute Gasteiger partial charge is 0.119 e. The van der Waals surface area contributed by atoms with E-state index in [0.717, 1.165) is 18.8 Å². The second kappa shape index (κ2) is 12.7. The number of para-hydroxylation sites is 1. The summed E-state index contributed by atoms with van der Waals surface area (Å²) in [6.45, 7) is 4.52. The van der Waals surface area contributed by atoms with Gasteiger partial charge in [-0.15, -0.1) is 12.4 Å². The topological polar surface area (TPSA) is 21.3 Å². The summed E-state index contributed by atoms with van der Waals surface area (Å²) in [6, 6.07) is 10.3. The highest BCUT2D eigenvalue weighted by Gasteiger charge is 2.28. The van der Waals surface area contributed by atoms with Crippen molar-refractivity contribution in [1.29, 1.82) is 0 Å². The van der Waals surface area contributed by atoms with E-state index < -0.39 is 0 Å². The van der Waals surface area contributed by atoms with Crippen LogP contribution in [0.25, 0.3) is 0 Å². The van der Waals surface area contributed by atoms with Crippen LogP contribution < -0.4 is 10.1 Å². The average molecular weight is 340 g/mol. The molecule has 1 fully saturated rings.